The Morgan fingerprint density at radius 1 is 1.09 bits per heavy atom. The number of benzene rings is 1. The Bertz CT molecular complexity index is 494. The zero-order chi connectivity index (χ0) is 16.5. The Morgan fingerprint density at radius 2 is 1.77 bits per heavy atom. The fourth-order valence-electron chi connectivity index (χ4n) is 2.29. The molecule has 0 spiro atoms. The minimum atomic E-state index is -0.625. The summed E-state index contributed by atoms with van der Waals surface area (Å²) in [5.74, 6) is -1.28. The third-order valence-electron chi connectivity index (χ3n) is 3.64. The molecule has 2 nitrogen and oxygen atoms in total. The predicted octanol–water partition coefficient (Wildman–Crippen LogP) is 4.24. The van der Waals surface area contributed by atoms with Crippen molar-refractivity contribution in [2.75, 3.05) is 11.4 Å². The molecule has 0 fully saturated rings. The number of rotatable bonds is 9. The molecule has 0 bridgehead atoms. The molecule has 0 atom stereocenters. The molecule has 0 aliphatic rings. The molecule has 0 heterocycles. The van der Waals surface area contributed by atoms with Crippen LogP contribution in [0.5, 0.6) is 0 Å². The fourth-order valence-corrected chi connectivity index (χ4v) is 2.62. The van der Waals surface area contributed by atoms with Crippen LogP contribution in [0.3, 0.4) is 0 Å². The van der Waals surface area contributed by atoms with E-state index in [2.05, 4.69) is 6.92 Å². The monoisotopic (exact) mass is 344 g/mol. The van der Waals surface area contributed by atoms with Crippen molar-refractivity contribution in [3.05, 3.63) is 23.8 Å². The Balaban J connectivity index is 2.93. The van der Waals surface area contributed by atoms with E-state index >= 15 is 0 Å². The van der Waals surface area contributed by atoms with E-state index in [4.69, 9.17) is 0 Å². The van der Waals surface area contributed by atoms with Crippen LogP contribution in [0, 0.1) is 11.6 Å². The molecule has 0 saturated carbocycles. The first-order valence-electron chi connectivity index (χ1n) is 8.02. The molecule has 0 unspecified atom stereocenters. The summed E-state index contributed by atoms with van der Waals surface area (Å²) >= 11 is 1.40. The van der Waals surface area contributed by atoms with Gasteiger partial charge in [-0.25, -0.2) is 0 Å². The second kappa shape index (κ2) is 10.1. The molecule has 121 valence electrons. The number of amides is 1. The Kier molecular flexibility index (Phi) is 8.88. The number of unbranched alkanes of at least 4 members (excludes halogenated alkanes) is 4. The first kappa shape index (κ1) is 19.3. The van der Waals surface area contributed by atoms with E-state index in [0.717, 1.165) is 38.5 Å². The van der Waals surface area contributed by atoms with Gasteiger partial charge in [0, 0.05) is 0 Å². The van der Waals surface area contributed by atoms with E-state index in [1.807, 2.05) is 6.92 Å². The fraction of sp³-hybridized carbons (Fsp3) is 0.588. The SMILES string of the molecule is CCCCCCN(C(=O)CCCC)c1ccc(F)[c]([Ti])c1F. The summed E-state index contributed by atoms with van der Waals surface area (Å²) in [5.41, 5.74) is 0.205. The van der Waals surface area contributed by atoms with E-state index in [9.17, 15) is 13.6 Å². The van der Waals surface area contributed by atoms with Crippen LogP contribution in [0.2, 0.25) is 0 Å². The standard InChI is InChI=1S/C17H24F2NO.Ti/c1-3-5-7-8-12-20(17(21)9-6-4-2)16-11-10-14(18)13-15(16)19;/h10-11H,3-9,12H2,1-2H3;. The number of hydrogen-bond donors (Lipinski definition) is 0. The second-order valence-corrected chi connectivity index (χ2v) is 6.25. The van der Waals surface area contributed by atoms with Crippen LogP contribution in [0.1, 0.15) is 58.8 Å². The quantitative estimate of drug-likeness (QED) is 0.485. The summed E-state index contributed by atoms with van der Waals surface area (Å²) in [7, 11) is 0. The molecular weight excluding hydrogens is 320 g/mol. The van der Waals surface area contributed by atoms with Crippen molar-refractivity contribution < 1.29 is 34.0 Å². The molecule has 0 aliphatic heterocycles. The van der Waals surface area contributed by atoms with E-state index < -0.39 is 11.6 Å². The normalized spacial score (nSPS) is 10.7. The van der Waals surface area contributed by atoms with E-state index in [-0.39, 0.29) is 15.5 Å². The Hall–Kier alpha value is -0.736. The van der Waals surface area contributed by atoms with E-state index in [1.54, 1.807) is 0 Å². The molecule has 0 saturated heterocycles. The molecule has 0 radical (unpaired) electrons. The molecule has 0 aromatic heterocycles. The van der Waals surface area contributed by atoms with Crippen molar-refractivity contribution in [3.8, 4) is 0 Å². The second-order valence-electron chi connectivity index (χ2n) is 5.47. The molecular formula is C17H24F2NOTi. The first-order chi connectivity index (χ1) is 10.5. The van der Waals surface area contributed by atoms with Crippen molar-refractivity contribution in [3.63, 3.8) is 0 Å². The van der Waals surface area contributed by atoms with Crippen LogP contribution < -0.4 is 8.77 Å². The van der Waals surface area contributed by atoms with Crippen LogP contribution in [0.15, 0.2) is 12.1 Å². The van der Waals surface area contributed by atoms with Gasteiger partial charge >= 0.3 is 143 Å². The topological polar surface area (TPSA) is 20.3 Å². The minimum absolute atomic E-state index is 0.0284. The Labute approximate surface area is 143 Å². The number of nitrogens with zero attached hydrogens (tertiary/aromatic N) is 1. The van der Waals surface area contributed by atoms with Gasteiger partial charge in [0.05, 0.1) is 0 Å². The number of hydrogen-bond acceptors (Lipinski definition) is 1. The summed E-state index contributed by atoms with van der Waals surface area (Å²) in [5, 5.41) is 0. The van der Waals surface area contributed by atoms with Crippen LogP contribution >= 0.6 is 0 Å². The van der Waals surface area contributed by atoms with Gasteiger partial charge in [-0.15, -0.1) is 0 Å². The average Bonchev–Trinajstić information content (AvgIpc) is 2.51. The van der Waals surface area contributed by atoms with Crippen LogP contribution in [-0.2, 0) is 25.2 Å². The number of carbonyl (C=O) groups is 1. The molecule has 5 heteroatoms. The summed E-state index contributed by atoms with van der Waals surface area (Å²) in [6, 6.07) is 2.61. The van der Waals surface area contributed by atoms with Gasteiger partial charge in [-0.05, 0) is 0 Å². The van der Waals surface area contributed by atoms with Gasteiger partial charge < -0.3 is 0 Å². The molecule has 1 aromatic rings. The Morgan fingerprint density at radius 3 is 2.41 bits per heavy atom. The molecule has 1 amide bonds. The average molecular weight is 344 g/mol. The van der Waals surface area contributed by atoms with Crippen LogP contribution in [0.25, 0.3) is 0 Å². The van der Waals surface area contributed by atoms with Gasteiger partial charge in [0.1, 0.15) is 0 Å². The van der Waals surface area contributed by atoms with E-state index in [0.29, 0.717) is 13.0 Å². The molecule has 0 N–H and O–H groups in total. The van der Waals surface area contributed by atoms with Crippen molar-refractivity contribution in [2.24, 2.45) is 0 Å². The third-order valence-corrected chi connectivity index (χ3v) is 4.36. The van der Waals surface area contributed by atoms with Crippen LogP contribution in [-0.4, -0.2) is 12.5 Å². The molecule has 22 heavy (non-hydrogen) atoms. The van der Waals surface area contributed by atoms with Gasteiger partial charge in [-0.3, -0.25) is 0 Å². The van der Waals surface area contributed by atoms with E-state index in [1.165, 1.54) is 37.5 Å². The van der Waals surface area contributed by atoms with Crippen molar-refractivity contribution in [1.29, 1.82) is 0 Å². The summed E-state index contributed by atoms with van der Waals surface area (Å²) in [6.45, 7) is 4.62. The van der Waals surface area contributed by atoms with Gasteiger partial charge in [-0.2, -0.15) is 0 Å². The van der Waals surface area contributed by atoms with Crippen molar-refractivity contribution in [1.82, 2.24) is 0 Å². The summed E-state index contributed by atoms with van der Waals surface area (Å²) in [4.78, 5) is 13.9. The summed E-state index contributed by atoms with van der Waals surface area (Å²) < 4.78 is 27.7. The maximum absolute atomic E-state index is 14.3. The molecule has 1 rings (SSSR count). The van der Waals surface area contributed by atoms with Gasteiger partial charge in [-0.1, -0.05) is 0 Å². The molecule has 1 aromatic carbocycles. The zero-order valence-electron chi connectivity index (χ0n) is 13.4. The summed E-state index contributed by atoms with van der Waals surface area (Å²) in [6.07, 6.45) is 6.15. The predicted molar refractivity (Wildman–Crippen MR) is 82.0 cm³/mol. The number of halogens is 2. The number of anilines is 1. The van der Waals surface area contributed by atoms with Gasteiger partial charge in [0.2, 0.25) is 0 Å². The molecule has 0 aliphatic carbocycles. The van der Waals surface area contributed by atoms with Gasteiger partial charge in [0.25, 0.3) is 0 Å². The number of carbonyl (C=O) groups excluding carboxylic acids is 1. The zero-order valence-corrected chi connectivity index (χ0v) is 15.0. The van der Waals surface area contributed by atoms with Crippen molar-refractivity contribution >= 4 is 15.5 Å². The first-order valence-corrected chi connectivity index (χ1v) is 8.80. The van der Waals surface area contributed by atoms with Crippen molar-refractivity contribution in [2.45, 2.75) is 58.8 Å². The third kappa shape index (κ3) is 5.47. The maximum atomic E-state index is 14.3. The van der Waals surface area contributed by atoms with Crippen LogP contribution in [0.4, 0.5) is 14.5 Å². The van der Waals surface area contributed by atoms with Gasteiger partial charge in [0.15, 0.2) is 0 Å².